The minimum atomic E-state index is -0.511. The summed E-state index contributed by atoms with van der Waals surface area (Å²) in [5, 5.41) is 11.1. The van der Waals surface area contributed by atoms with Crippen LogP contribution in [-0.4, -0.2) is 62.2 Å². The van der Waals surface area contributed by atoms with E-state index in [9.17, 15) is 5.11 Å². The topological polar surface area (TPSA) is 54.4 Å². The number of rotatable bonds is 7. The molecule has 0 aromatic heterocycles. The first kappa shape index (κ1) is 25.8. The fourth-order valence-electron chi connectivity index (χ4n) is 3.79. The molecule has 6 nitrogen and oxygen atoms in total. The second-order valence-electron chi connectivity index (χ2n) is 7.58. The Bertz CT molecular complexity index is 848. The molecule has 172 valence electrons. The smallest absolute Gasteiger partial charge is 0.231 e. The highest BCUT2D eigenvalue weighted by atomic mass is 35.5. The predicted molar refractivity (Wildman–Crippen MR) is 128 cm³/mol. The molecule has 2 aliphatic rings. The van der Waals surface area contributed by atoms with Crippen LogP contribution in [0.15, 0.2) is 36.4 Å². The number of halogens is 3. The summed E-state index contributed by atoms with van der Waals surface area (Å²) in [6.07, 6.45) is -0.511. The van der Waals surface area contributed by atoms with E-state index in [0.29, 0.717) is 19.8 Å². The quantitative estimate of drug-likeness (QED) is 0.634. The number of anilines is 1. The Labute approximate surface area is 200 Å². The molecule has 2 aliphatic heterocycles. The van der Waals surface area contributed by atoms with Crippen LogP contribution in [0.25, 0.3) is 0 Å². The van der Waals surface area contributed by atoms with Gasteiger partial charge in [-0.25, -0.2) is 0 Å². The number of nitrogens with zero attached hydrogens (tertiary/aromatic N) is 2. The highest BCUT2D eigenvalue weighted by molar-refractivity contribution is 6.30. The number of β-amino-alcohol motifs (C(OH)–C–C–N with tert-alkyl or cyclic N) is 1. The van der Waals surface area contributed by atoms with Crippen LogP contribution < -0.4 is 14.4 Å². The number of aliphatic hydroxyl groups excluding tert-OH is 1. The molecule has 1 atom stereocenters. The lowest BCUT2D eigenvalue weighted by Gasteiger charge is -2.37. The first-order valence-corrected chi connectivity index (χ1v) is 10.3. The fourth-order valence-corrected chi connectivity index (χ4v) is 3.96. The second kappa shape index (κ2) is 12.0. The molecule has 0 saturated carbocycles. The third kappa shape index (κ3) is 6.78. The van der Waals surface area contributed by atoms with Crippen molar-refractivity contribution in [2.45, 2.75) is 19.6 Å². The monoisotopic (exact) mass is 490 g/mol. The van der Waals surface area contributed by atoms with Gasteiger partial charge in [0.05, 0.1) is 19.3 Å². The number of aliphatic hydroxyl groups is 1. The third-order valence-corrected chi connectivity index (χ3v) is 5.60. The highest BCUT2D eigenvalue weighted by Gasteiger charge is 2.21. The highest BCUT2D eigenvalue weighted by Crippen LogP contribution is 2.32. The summed E-state index contributed by atoms with van der Waals surface area (Å²) in [5.74, 6) is 1.51. The molecule has 2 aromatic carbocycles. The average molecular weight is 492 g/mol. The molecule has 0 aliphatic carbocycles. The molecular weight excluding hydrogens is 463 g/mol. The van der Waals surface area contributed by atoms with Gasteiger partial charge in [-0.15, -0.1) is 24.8 Å². The van der Waals surface area contributed by atoms with Crippen LogP contribution in [0.2, 0.25) is 5.02 Å². The summed E-state index contributed by atoms with van der Waals surface area (Å²) in [5.41, 5.74) is 3.44. The maximum atomic E-state index is 10.4. The number of hydrogen-bond acceptors (Lipinski definition) is 6. The van der Waals surface area contributed by atoms with Gasteiger partial charge in [-0.1, -0.05) is 23.7 Å². The van der Waals surface area contributed by atoms with Crippen molar-refractivity contribution in [3.05, 3.63) is 52.5 Å². The zero-order valence-corrected chi connectivity index (χ0v) is 19.8. The van der Waals surface area contributed by atoms with E-state index >= 15 is 0 Å². The summed E-state index contributed by atoms with van der Waals surface area (Å²) in [7, 11) is 0. The van der Waals surface area contributed by atoms with Crippen molar-refractivity contribution in [1.82, 2.24) is 4.90 Å². The number of fused-ring (bicyclic) bond motifs is 1. The first-order valence-electron chi connectivity index (χ1n) is 9.96. The van der Waals surface area contributed by atoms with Crippen LogP contribution in [-0.2, 0) is 11.3 Å². The van der Waals surface area contributed by atoms with Gasteiger partial charge in [0.15, 0.2) is 11.5 Å². The molecule has 0 amide bonds. The molecule has 4 rings (SSSR count). The molecule has 9 heteroatoms. The van der Waals surface area contributed by atoms with Crippen molar-refractivity contribution in [3.8, 4) is 11.5 Å². The second-order valence-corrected chi connectivity index (χ2v) is 8.01. The molecule has 0 bridgehead atoms. The fraction of sp³-hybridized carbons (Fsp3) is 0.455. The molecule has 2 aromatic rings. The minimum absolute atomic E-state index is 0. The Balaban J connectivity index is 0.00000171. The van der Waals surface area contributed by atoms with Gasteiger partial charge in [-0.2, -0.15) is 0 Å². The molecular formula is C22H29Cl3N2O4. The Morgan fingerprint density at radius 3 is 2.55 bits per heavy atom. The molecule has 1 unspecified atom stereocenters. The van der Waals surface area contributed by atoms with Gasteiger partial charge in [-0.05, 0) is 42.3 Å². The van der Waals surface area contributed by atoms with Crippen molar-refractivity contribution in [2.24, 2.45) is 0 Å². The molecule has 1 N–H and O–H groups in total. The lowest BCUT2D eigenvalue weighted by molar-refractivity contribution is 0.00911. The Morgan fingerprint density at radius 2 is 1.77 bits per heavy atom. The number of piperazine rings is 1. The number of ether oxygens (including phenoxy) is 3. The summed E-state index contributed by atoms with van der Waals surface area (Å²) in [6, 6.07) is 11.8. The van der Waals surface area contributed by atoms with E-state index in [0.717, 1.165) is 48.3 Å². The molecule has 1 saturated heterocycles. The van der Waals surface area contributed by atoms with Crippen molar-refractivity contribution >= 4 is 42.1 Å². The molecule has 0 spiro atoms. The maximum absolute atomic E-state index is 10.4. The van der Waals surface area contributed by atoms with Crippen molar-refractivity contribution in [2.75, 3.05) is 51.0 Å². The van der Waals surface area contributed by atoms with E-state index in [2.05, 4.69) is 22.8 Å². The Morgan fingerprint density at radius 1 is 1.03 bits per heavy atom. The lowest BCUT2D eigenvalue weighted by atomic mass is 10.1. The molecule has 2 heterocycles. The van der Waals surface area contributed by atoms with Gasteiger partial charge in [0, 0.05) is 43.4 Å². The first-order chi connectivity index (χ1) is 14.1. The summed E-state index contributed by atoms with van der Waals surface area (Å²) < 4.78 is 16.4. The van der Waals surface area contributed by atoms with Gasteiger partial charge in [0.2, 0.25) is 6.79 Å². The number of benzene rings is 2. The van der Waals surface area contributed by atoms with Crippen molar-refractivity contribution in [1.29, 1.82) is 0 Å². The Hall–Kier alpha value is -1.41. The maximum Gasteiger partial charge on any atom is 0.231 e. The third-order valence-electron chi connectivity index (χ3n) is 5.37. The molecule has 31 heavy (non-hydrogen) atoms. The van der Waals surface area contributed by atoms with Crippen LogP contribution in [0.5, 0.6) is 11.5 Å². The molecule has 0 radical (unpaired) electrons. The van der Waals surface area contributed by atoms with Crippen molar-refractivity contribution < 1.29 is 19.3 Å². The summed E-state index contributed by atoms with van der Waals surface area (Å²) in [4.78, 5) is 4.64. The normalized spacial score (nSPS) is 16.4. The van der Waals surface area contributed by atoms with E-state index in [1.807, 2.05) is 30.3 Å². The van der Waals surface area contributed by atoms with E-state index in [1.54, 1.807) is 0 Å². The lowest BCUT2D eigenvalue weighted by Crippen LogP contribution is -2.49. The van der Waals surface area contributed by atoms with Gasteiger partial charge < -0.3 is 24.2 Å². The van der Waals surface area contributed by atoms with Gasteiger partial charge in [-0.3, -0.25) is 4.90 Å². The zero-order chi connectivity index (χ0) is 20.2. The standard InChI is InChI=1S/C22H27ClN2O4.2ClH/c1-16-2-4-18(23)11-20(16)25-8-6-24(7-9-25)12-19(26)14-27-13-17-3-5-21-22(10-17)29-15-28-21;;/h2-5,10-11,19,26H,6-9,12-15H2,1H3;2*1H. The Kier molecular flexibility index (Phi) is 10.0. The SMILES string of the molecule is Cc1ccc(Cl)cc1N1CCN(CC(O)COCc2ccc3c(c2)OCO3)CC1.Cl.Cl. The van der Waals surface area contributed by atoms with E-state index in [-0.39, 0.29) is 31.6 Å². The van der Waals surface area contributed by atoms with Crippen LogP contribution in [0.1, 0.15) is 11.1 Å². The van der Waals surface area contributed by atoms with E-state index < -0.39 is 6.10 Å². The largest absolute Gasteiger partial charge is 0.454 e. The van der Waals surface area contributed by atoms with Gasteiger partial charge in [0.25, 0.3) is 0 Å². The minimum Gasteiger partial charge on any atom is -0.454 e. The van der Waals surface area contributed by atoms with Gasteiger partial charge in [0.1, 0.15) is 0 Å². The summed E-state index contributed by atoms with van der Waals surface area (Å²) >= 11 is 6.16. The average Bonchev–Trinajstić information content (AvgIpc) is 3.18. The summed E-state index contributed by atoms with van der Waals surface area (Å²) in [6.45, 7) is 7.40. The predicted octanol–water partition coefficient (Wildman–Crippen LogP) is 3.92. The van der Waals surface area contributed by atoms with Crippen LogP contribution >= 0.6 is 36.4 Å². The van der Waals surface area contributed by atoms with Gasteiger partial charge >= 0.3 is 0 Å². The molecule has 1 fully saturated rings. The van der Waals surface area contributed by atoms with Crippen LogP contribution in [0, 0.1) is 6.92 Å². The zero-order valence-electron chi connectivity index (χ0n) is 17.5. The van der Waals surface area contributed by atoms with E-state index in [4.69, 9.17) is 25.8 Å². The van der Waals surface area contributed by atoms with Crippen LogP contribution in [0.3, 0.4) is 0 Å². The van der Waals surface area contributed by atoms with Crippen molar-refractivity contribution in [3.63, 3.8) is 0 Å². The number of hydrogen-bond donors (Lipinski definition) is 1. The number of aryl methyl sites for hydroxylation is 1. The van der Waals surface area contributed by atoms with E-state index in [1.165, 1.54) is 11.3 Å². The van der Waals surface area contributed by atoms with Crippen LogP contribution in [0.4, 0.5) is 5.69 Å².